The highest BCUT2D eigenvalue weighted by atomic mass is 32.2. The van der Waals surface area contributed by atoms with Crippen molar-refractivity contribution >= 4 is 45.4 Å². The van der Waals surface area contributed by atoms with Crippen molar-refractivity contribution in [2.75, 3.05) is 12.3 Å². The van der Waals surface area contributed by atoms with Crippen LogP contribution in [0.15, 0.2) is 23.2 Å². The monoisotopic (exact) mass is 408 g/mol. The number of carboxylic acids is 1. The van der Waals surface area contributed by atoms with E-state index < -0.39 is 18.0 Å². The third-order valence-electron chi connectivity index (χ3n) is 5.07. The van der Waals surface area contributed by atoms with E-state index in [2.05, 4.69) is 0 Å². The van der Waals surface area contributed by atoms with Crippen LogP contribution in [0.5, 0.6) is 0 Å². The van der Waals surface area contributed by atoms with Crippen LogP contribution in [0.4, 0.5) is 0 Å². The van der Waals surface area contributed by atoms with Gasteiger partial charge in [-0.15, -0.1) is 0 Å². The molecule has 0 spiro atoms. The average Bonchev–Trinajstić information content (AvgIpc) is 3.21. The number of carbonyl (C=O) groups excluding carboxylic acids is 2. The molecule has 1 saturated heterocycles. The number of amides is 1. The number of hydrogen-bond acceptors (Lipinski definition) is 7. The molecular formula is C17H20N4O4S2. The maximum Gasteiger partial charge on any atom is 0.250 e. The molecule has 2 aliphatic heterocycles. The van der Waals surface area contributed by atoms with Gasteiger partial charge in [0.2, 0.25) is 22.1 Å². The predicted octanol–water partition coefficient (Wildman–Crippen LogP) is -1.05. The first kappa shape index (κ1) is 18.5. The number of rotatable bonds is 6. The minimum Gasteiger partial charge on any atom is -0.543 e. The highest BCUT2D eigenvalue weighted by Crippen LogP contribution is 2.48. The molecule has 2 aromatic heterocycles. The molecule has 144 valence electrons. The van der Waals surface area contributed by atoms with Gasteiger partial charge in [-0.1, -0.05) is 23.1 Å². The fraction of sp³-hybridized carbons (Fsp3) is 0.471. The lowest BCUT2D eigenvalue weighted by atomic mass is 9.83. The van der Waals surface area contributed by atoms with Gasteiger partial charge in [-0.3, -0.25) is 4.79 Å². The Balaban J connectivity index is 1.75. The van der Waals surface area contributed by atoms with Gasteiger partial charge < -0.3 is 25.6 Å². The topological polar surface area (TPSA) is 115 Å². The molecule has 2 aliphatic rings. The number of aryl methyl sites for hydroxylation is 1. The zero-order valence-electron chi connectivity index (χ0n) is 14.9. The van der Waals surface area contributed by atoms with Crippen LogP contribution in [0, 0.1) is 5.92 Å². The zero-order valence-corrected chi connectivity index (χ0v) is 16.5. The summed E-state index contributed by atoms with van der Waals surface area (Å²) < 4.78 is 3.97. The van der Waals surface area contributed by atoms with E-state index in [0.717, 1.165) is 20.5 Å². The Bertz CT molecular complexity index is 977. The third kappa shape index (κ3) is 2.70. The maximum absolute atomic E-state index is 12.3. The Kier molecular flexibility index (Phi) is 4.53. The molecule has 10 heteroatoms. The Morgan fingerprint density at radius 3 is 2.96 bits per heavy atom. The SMILES string of the molecule is C[C@@H](O)[C@H]1C(=O)N2C(C(=O)[O-])=C(c3cn4c[n+](C)c(SCCN)c4s3)C[C@H]12. The molecule has 0 bridgehead atoms. The molecule has 3 atom stereocenters. The van der Waals surface area contributed by atoms with Crippen molar-refractivity contribution in [2.24, 2.45) is 18.7 Å². The Labute approximate surface area is 163 Å². The minimum atomic E-state index is -1.36. The number of aliphatic hydroxyl groups is 1. The number of thiazole rings is 1. The second kappa shape index (κ2) is 6.62. The molecule has 0 aliphatic carbocycles. The summed E-state index contributed by atoms with van der Waals surface area (Å²) in [5.74, 6) is -1.48. The smallest absolute Gasteiger partial charge is 0.250 e. The van der Waals surface area contributed by atoms with Crippen LogP contribution in [-0.4, -0.2) is 50.7 Å². The summed E-state index contributed by atoms with van der Waals surface area (Å²) in [5.41, 5.74) is 6.15. The molecule has 4 rings (SSSR count). The number of nitrogens with two attached hydrogens (primary N) is 1. The Morgan fingerprint density at radius 1 is 1.59 bits per heavy atom. The number of hydrogen-bond donors (Lipinski definition) is 2. The number of fused-ring (bicyclic) bond motifs is 2. The van der Waals surface area contributed by atoms with Gasteiger partial charge in [0.1, 0.15) is 6.20 Å². The van der Waals surface area contributed by atoms with Gasteiger partial charge in [0, 0.05) is 17.9 Å². The number of aliphatic hydroxyl groups excluding tert-OH is 1. The van der Waals surface area contributed by atoms with Crippen LogP contribution in [0.2, 0.25) is 0 Å². The van der Waals surface area contributed by atoms with E-state index >= 15 is 0 Å². The van der Waals surface area contributed by atoms with Gasteiger partial charge in [-0.25, -0.2) is 4.57 Å². The summed E-state index contributed by atoms with van der Waals surface area (Å²) in [6.07, 6.45) is 3.42. The number of β-lactam (4-membered cyclic amide) rings is 1. The molecule has 1 fully saturated rings. The van der Waals surface area contributed by atoms with Crippen molar-refractivity contribution < 1.29 is 24.4 Å². The highest BCUT2D eigenvalue weighted by molar-refractivity contribution is 7.99. The molecule has 0 radical (unpaired) electrons. The van der Waals surface area contributed by atoms with Crippen LogP contribution in [0.25, 0.3) is 10.4 Å². The number of nitrogens with zero attached hydrogens (tertiary/aromatic N) is 3. The van der Waals surface area contributed by atoms with Crippen molar-refractivity contribution in [1.82, 2.24) is 9.30 Å². The van der Waals surface area contributed by atoms with E-state index in [1.54, 1.807) is 18.7 Å². The summed E-state index contributed by atoms with van der Waals surface area (Å²) in [6, 6.07) is -0.316. The van der Waals surface area contributed by atoms with Gasteiger partial charge in [-0.05, 0) is 13.3 Å². The lowest BCUT2D eigenvalue weighted by Crippen LogP contribution is -2.62. The summed E-state index contributed by atoms with van der Waals surface area (Å²) in [4.78, 5) is 27.2. The molecule has 27 heavy (non-hydrogen) atoms. The summed E-state index contributed by atoms with van der Waals surface area (Å²) in [5, 5.41) is 22.7. The quantitative estimate of drug-likeness (QED) is 0.358. The molecular weight excluding hydrogens is 388 g/mol. The molecule has 1 amide bonds. The minimum absolute atomic E-state index is 0.0630. The average molecular weight is 409 g/mol. The van der Waals surface area contributed by atoms with E-state index in [0.29, 0.717) is 18.5 Å². The lowest BCUT2D eigenvalue weighted by molar-refractivity contribution is -0.705. The maximum atomic E-state index is 12.3. The van der Waals surface area contributed by atoms with E-state index in [9.17, 15) is 19.8 Å². The fourth-order valence-corrected chi connectivity index (χ4v) is 6.14. The van der Waals surface area contributed by atoms with Gasteiger partial charge in [-0.2, -0.15) is 4.40 Å². The van der Waals surface area contributed by atoms with Crippen molar-refractivity contribution in [3.63, 3.8) is 0 Å². The second-order valence-corrected chi connectivity index (χ2v) is 8.95. The third-order valence-corrected chi connectivity index (χ3v) is 7.57. The summed E-state index contributed by atoms with van der Waals surface area (Å²) in [6.45, 7) is 2.13. The van der Waals surface area contributed by atoms with E-state index in [1.807, 2.05) is 28.5 Å². The van der Waals surface area contributed by atoms with E-state index in [-0.39, 0.29) is 17.6 Å². The normalized spacial score (nSPS) is 23.1. The summed E-state index contributed by atoms with van der Waals surface area (Å²) >= 11 is 3.14. The van der Waals surface area contributed by atoms with Crippen LogP contribution in [0.1, 0.15) is 18.2 Å². The molecule has 4 heterocycles. The Hall–Kier alpha value is -1.88. The van der Waals surface area contributed by atoms with Crippen LogP contribution < -0.4 is 15.4 Å². The number of imidazole rings is 1. The fourth-order valence-electron chi connectivity index (χ4n) is 3.94. The first-order chi connectivity index (χ1) is 12.8. The van der Waals surface area contributed by atoms with Crippen molar-refractivity contribution in [3.8, 4) is 0 Å². The first-order valence-electron chi connectivity index (χ1n) is 8.64. The number of aliphatic carboxylic acids is 1. The summed E-state index contributed by atoms with van der Waals surface area (Å²) in [7, 11) is 1.96. The van der Waals surface area contributed by atoms with Crippen LogP contribution in [0.3, 0.4) is 0 Å². The number of thioether (sulfide) groups is 1. The van der Waals surface area contributed by atoms with Gasteiger partial charge in [0.15, 0.2) is 0 Å². The molecule has 3 N–H and O–H groups in total. The van der Waals surface area contributed by atoms with Gasteiger partial charge in [0.05, 0.1) is 41.7 Å². The predicted molar refractivity (Wildman–Crippen MR) is 98.6 cm³/mol. The molecule has 0 unspecified atom stereocenters. The van der Waals surface area contributed by atoms with Crippen molar-refractivity contribution in [2.45, 2.75) is 30.5 Å². The van der Waals surface area contributed by atoms with Crippen molar-refractivity contribution in [3.05, 3.63) is 23.1 Å². The van der Waals surface area contributed by atoms with Crippen molar-refractivity contribution in [1.29, 1.82) is 0 Å². The first-order valence-corrected chi connectivity index (χ1v) is 10.4. The standard InChI is InChI=1S/C17H20N4O4S2/c1-8(22)12-10-5-9(13(17(24)25)21(10)14(12)23)11-6-20-7-19(2)15(16(20)27-11)26-4-3-18/h6-8,10,12,22H,3-5,18H2,1-2H3/t8-,10-,12-/m1/s1. The largest absolute Gasteiger partial charge is 0.543 e. The van der Waals surface area contributed by atoms with Gasteiger partial charge in [0.25, 0.3) is 0 Å². The molecule has 0 aromatic carbocycles. The van der Waals surface area contributed by atoms with Crippen LogP contribution >= 0.6 is 23.1 Å². The Morgan fingerprint density at radius 2 is 2.33 bits per heavy atom. The molecule has 8 nitrogen and oxygen atoms in total. The zero-order chi connectivity index (χ0) is 19.5. The highest BCUT2D eigenvalue weighted by Gasteiger charge is 2.55. The van der Waals surface area contributed by atoms with Gasteiger partial charge >= 0.3 is 0 Å². The number of aromatic nitrogens is 2. The van der Waals surface area contributed by atoms with E-state index in [1.165, 1.54) is 16.2 Å². The molecule has 0 saturated carbocycles. The number of carbonyl (C=O) groups is 2. The number of carboxylic acid groups (broad SMARTS) is 1. The van der Waals surface area contributed by atoms with E-state index in [4.69, 9.17) is 5.73 Å². The molecule has 2 aromatic rings. The van der Waals surface area contributed by atoms with Crippen LogP contribution in [-0.2, 0) is 16.6 Å². The lowest BCUT2D eigenvalue weighted by Gasteiger charge is -2.45. The second-order valence-electron chi connectivity index (χ2n) is 6.84.